The van der Waals surface area contributed by atoms with Crippen LogP contribution in [0.1, 0.15) is 44.6 Å². The van der Waals surface area contributed by atoms with E-state index in [4.69, 9.17) is 11.6 Å². The molecule has 116 valence electrons. The molecule has 1 aliphatic rings. The Morgan fingerprint density at radius 1 is 1.43 bits per heavy atom. The Kier molecular flexibility index (Phi) is 6.00. The molecule has 0 aliphatic heterocycles. The summed E-state index contributed by atoms with van der Waals surface area (Å²) in [6.45, 7) is 3.99. The molecule has 1 N–H and O–H groups in total. The van der Waals surface area contributed by atoms with Gasteiger partial charge in [-0.05, 0) is 42.9 Å². The van der Waals surface area contributed by atoms with Gasteiger partial charge in [-0.2, -0.15) is 0 Å². The fraction of sp³-hybridized carbons (Fsp3) is 0.625. The first-order chi connectivity index (χ1) is 10.1. The smallest absolute Gasteiger partial charge is 0.270 e. The van der Waals surface area contributed by atoms with Gasteiger partial charge in [-0.15, -0.1) is 0 Å². The van der Waals surface area contributed by atoms with Gasteiger partial charge in [0.2, 0.25) is 0 Å². The van der Waals surface area contributed by atoms with Gasteiger partial charge in [0.05, 0.1) is 9.95 Å². The van der Waals surface area contributed by atoms with E-state index in [1.165, 1.54) is 44.2 Å². The van der Waals surface area contributed by atoms with Gasteiger partial charge in [0.25, 0.3) is 5.69 Å². The molecule has 0 amide bonds. The SMILES string of the molecule is CC1CCCC(CCNCc2ccc([N+](=O)[O-])cc2Cl)C1. The molecule has 0 aromatic heterocycles. The van der Waals surface area contributed by atoms with E-state index in [2.05, 4.69) is 12.2 Å². The largest absolute Gasteiger partial charge is 0.313 e. The number of rotatable bonds is 6. The summed E-state index contributed by atoms with van der Waals surface area (Å²) >= 11 is 6.08. The monoisotopic (exact) mass is 310 g/mol. The minimum Gasteiger partial charge on any atom is -0.313 e. The van der Waals surface area contributed by atoms with Crippen molar-refractivity contribution >= 4 is 17.3 Å². The first-order valence-electron chi connectivity index (χ1n) is 7.70. The molecule has 1 fully saturated rings. The summed E-state index contributed by atoms with van der Waals surface area (Å²) in [6.07, 6.45) is 6.64. The van der Waals surface area contributed by atoms with Gasteiger partial charge in [0.1, 0.15) is 0 Å². The molecule has 2 rings (SSSR count). The molecule has 0 radical (unpaired) electrons. The highest BCUT2D eigenvalue weighted by Gasteiger charge is 2.18. The van der Waals surface area contributed by atoms with Gasteiger partial charge in [0, 0.05) is 18.7 Å². The van der Waals surface area contributed by atoms with Crippen LogP contribution in [-0.4, -0.2) is 11.5 Å². The van der Waals surface area contributed by atoms with Crippen LogP contribution in [0.25, 0.3) is 0 Å². The van der Waals surface area contributed by atoms with Crippen LogP contribution in [0.3, 0.4) is 0 Å². The predicted molar refractivity (Wildman–Crippen MR) is 85.6 cm³/mol. The topological polar surface area (TPSA) is 55.2 Å². The van der Waals surface area contributed by atoms with Crippen molar-refractivity contribution in [2.24, 2.45) is 11.8 Å². The second-order valence-corrected chi connectivity index (χ2v) is 6.54. The number of hydrogen-bond acceptors (Lipinski definition) is 3. The third-order valence-electron chi connectivity index (χ3n) is 4.34. The third kappa shape index (κ3) is 4.97. The Morgan fingerprint density at radius 2 is 2.24 bits per heavy atom. The van der Waals surface area contributed by atoms with E-state index < -0.39 is 4.92 Å². The first kappa shape index (κ1) is 16.2. The Hall–Kier alpha value is -1.13. The third-order valence-corrected chi connectivity index (χ3v) is 4.69. The summed E-state index contributed by atoms with van der Waals surface area (Å²) in [4.78, 5) is 10.2. The minimum atomic E-state index is -0.423. The summed E-state index contributed by atoms with van der Waals surface area (Å²) in [5.41, 5.74) is 0.958. The van der Waals surface area contributed by atoms with E-state index in [-0.39, 0.29) is 5.69 Å². The fourth-order valence-corrected chi connectivity index (χ4v) is 3.39. The van der Waals surface area contributed by atoms with Crippen LogP contribution in [0.2, 0.25) is 5.02 Å². The normalized spacial score (nSPS) is 22.2. The van der Waals surface area contributed by atoms with E-state index in [0.717, 1.165) is 23.9 Å². The van der Waals surface area contributed by atoms with Crippen molar-refractivity contribution in [1.82, 2.24) is 5.32 Å². The molecule has 0 bridgehead atoms. The zero-order valence-corrected chi connectivity index (χ0v) is 13.2. The summed E-state index contributed by atoms with van der Waals surface area (Å²) in [5, 5.41) is 14.5. The van der Waals surface area contributed by atoms with Crippen LogP contribution < -0.4 is 5.32 Å². The van der Waals surface area contributed by atoms with Gasteiger partial charge < -0.3 is 5.32 Å². The number of hydrogen-bond donors (Lipinski definition) is 1. The number of nitro groups is 1. The maximum absolute atomic E-state index is 10.7. The average molecular weight is 311 g/mol. The summed E-state index contributed by atoms with van der Waals surface area (Å²) < 4.78 is 0. The van der Waals surface area contributed by atoms with Crippen molar-refractivity contribution in [1.29, 1.82) is 0 Å². The molecule has 1 aromatic rings. The van der Waals surface area contributed by atoms with E-state index in [9.17, 15) is 10.1 Å². The van der Waals surface area contributed by atoms with Crippen molar-refractivity contribution in [3.8, 4) is 0 Å². The van der Waals surface area contributed by atoms with Crippen molar-refractivity contribution in [3.63, 3.8) is 0 Å². The fourth-order valence-electron chi connectivity index (χ4n) is 3.14. The lowest BCUT2D eigenvalue weighted by Crippen LogP contribution is -2.21. The van der Waals surface area contributed by atoms with Crippen molar-refractivity contribution < 1.29 is 4.92 Å². The summed E-state index contributed by atoms with van der Waals surface area (Å²) in [6, 6.07) is 4.66. The standard InChI is InChI=1S/C16H23ClN2O2/c1-12-3-2-4-13(9-12)7-8-18-11-14-5-6-15(19(20)21)10-16(14)17/h5-6,10,12-13,18H,2-4,7-9,11H2,1H3. The minimum absolute atomic E-state index is 0.0416. The van der Waals surface area contributed by atoms with E-state index in [1.54, 1.807) is 6.07 Å². The van der Waals surface area contributed by atoms with Crippen molar-refractivity contribution in [2.45, 2.75) is 45.6 Å². The highest BCUT2D eigenvalue weighted by Crippen LogP contribution is 2.30. The van der Waals surface area contributed by atoms with Gasteiger partial charge in [-0.1, -0.05) is 37.8 Å². The maximum Gasteiger partial charge on any atom is 0.270 e. The second kappa shape index (κ2) is 7.76. The molecule has 2 atom stereocenters. The lowest BCUT2D eigenvalue weighted by atomic mass is 9.81. The zero-order valence-electron chi connectivity index (χ0n) is 12.5. The molecule has 21 heavy (non-hydrogen) atoms. The Labute approximate surface area is 131 Å². The first-order valence-corrected chi connectivity index (χ1v) is 8.07. The van der Waals surface area contributed by atoms with Crippen LogP contribution in [0, 0.1) is 22.0 Å². The van der Waals surface area contributed by atoms with E-state index >= 15 is 0 Å². The quantitative estimate of drug-likeness (QED) is 0.476. The van der Waals surface area contributed by atoms with Crippen LogP contribution in [0.15, 0.2) is 18.2 Å². The molecular weight excluding hydrogens is 288 g/mol. The molecule has 0 heterocycles. The number of nitro benzene ring substituents is 1. The predicted octanol–water partition coefficient (Wildman–Crippen LogP) is 4.55. The Balaban J connectivity index is 1.74. The van der Waals surface area contributed by atoms with Crippen molar-refractivity contribution in [2.75, 3.05) is 6.54 Å². The lowest BCUT2D eigenvalue weighted by molar-refractivity contribution is -0.384. The van der Waals surface area contributed by atoms with E-state index in [0.29, 0.717) is 11.6 Å². The Morgan fingerprint density at radius 3 is 2.90 bits per heavy atom. The second-order valence-electron chi connectivity index (χ2n) is 6.14. The number of benzene rings is 1. The number of non-ortho nitro benzene ring substituents is 1. The van der Waals surface area contributed by atoms with Gasteiger partial charge >= 0.3 is 0 Å². The molecule has 5 heteroatoms. The van der Waals surface area contributed by atoms with Crippen LogP contribution in [0.5, 0.6) is 0 Å². The molecule has 1 saturated carbocycles. The molecular formula is C16H23ClN2O2. The number of nitrogens with zero attached hydrogens (tertiary/aromatic N) is 1. The summed E-state index contributed by atoms with van der Waals surface area (Å²) in [5.74, 6) is 1.71. The van der Waals surface area contributed by atoms with Crippen LogP contribution >= 0.6 is 11.6 Å². The van der Waals surface area contributed by atoms with Gasteiger partial charge in [-0.25, -0.2) is 0 Å². The van der Waals surface area contributed by atoms with E-state index in [1.807, 2.05) is 0 Å². The molecule has 0 saturated heterocycles. The average Bonchev–Trinajstić information content (AvgIpc) is 2.45. The molecule has 0 spiro atoms. The number of halogens is 1. The van der Waals surface area contributed by atoms with Crippen LogP contribution in [0.4, 0.5) is 5.69 Å². The van der Waals surface area contributed by atoms with Gasteiger partial charge in [0.15, 0.2) is 0 Å². The number of nitrogens with one attached hydrogen (secondary N) is 1. The molecule has 2 unspecified atom stereocenters. The molecule has 1 aliphatic carbocycles. The zero-order chi connectivity index (χ0) is 15.2. The van der Waals surface area contributed by atoms with Gasteiger partial charge in [-0.3, -0.25) is 10.1 Å². The molecule has 4 nitrogen and oxygen atoms in total. The van der Waals surface area contributed by atoms with Crippen LogP contribution in [-0.2, 0) is 6.54 Å². The molecule has 1 aromatic carbocycles. The Bertz CT molecular complexity index is 493. The highest BCUT2D eigenvalue weighted by atomic mass is 35.5. The highest BCUT2D eigenvalue weighted by molar-refractivity contribution is 6.31. The lowest BCUT2D eigenvalue weighted by Gasteiger charge is -2.26. The maximum atomic E-state index is 10.7. The summed E-state index contributed by atoms with van der Waals surface area (Å²) in [7, 11) is 0. The van der Waals surface area contributed by atoms with Crippen molar-refractivity contribution in [3.05, 3.63) is 38.9 Å².